The Morgan fingerprint density at radius 1 is 0.647 bits per heavy atom. The van der Waals surface area contributed by atoms with Gasteiger partial charge in [-0.2, -0.15) is 0 Å². The molecule has 0 aromatic rings. The van der Waals surface area contributed by atoms with Crippen molar-refractivity contribution in [1.82, 2.24) is 5.32 Å². The number of rotatable bonds is 14. The maximum absolute atomic E-state index is 8.58. The zero-order chi connectivity index (χ0) is 12.6. The molecule has 2 heteroatoms. The monoisotopic (exact) mass is 243 g/mol. The summed E-state index contributed by atoms with van der Waals surface area (Å²) < 4.78 is 0. The van der Waals surface area contributed by atoms with Crippen LogP contribution in [0.3, 0.4) is 0 Å². The van der Waals surface area contributed by atoms with Crippen molar-refractivity contribution in [3.8, 4) is 0 Å². The smallest absolute Gasteiger partial charge is 0.0555 e. The zero-order valence-electron chi connectivity index (χ0n) is 11.8. The van der Waals surface area contributed by atoms with Gasteiger partial charge in [0.1, 0.15) is 0 Å². The lowest BCUT2D eigenvalue weighted by Crippen LogP contribution is -2.19. The predicted molar refractivity (Wildman–Crippen MR) is 76.4 cm³/mol. The average molecular weight is 243 g/mol. The molecular formula is C15H33NO. The van der Waals surface area contributed by atoms with E-state index in [0.29, 0.717) is 0 Å². The van der Waals surface area contributed by atoms with E-state index in [1.165, 1.54) is 70.6 Å². The second-order valence-corrected chi connectivity index (χ2v) is 5.01. The maximum atomic E-state index is 8.58. The van der Waals surface area contributed by atoms with Crippen molar-refractivity contribution in [3.63, 3.8) is 0 Å². The highest BCUT2D eigenvalue weighted by molar-refractivity contribution is 4.50. The van der Waals surface area contributed by atoms with Gasteiger partial charge in [-0.25, -0.2) is 0 Å². The van der Waals surface area contributed by atoms with Gasteiger partial charge in [-0.15, -0.1) is 0 Å². The van der Waals surface area contributed by atoms with Crippen LogP contribution in [0.25, 0.3) is 0 Å². The largest absolute Gasteiger partial charge is 0.395 e. The maximum Gasteiger partial charge on any atom is 0.0555 e. The van der Waals surface area contributed by atoms with E-state index in [-0.39, 0.29) is 6.61 Å². The number of aliphatic hydroxyl groups is 1. The van der Waals surface area contributed by atoms with Crippen molar-refractivity contribution in [2.75, 3.05) is 19.7 Å². The van der Waals surface area contributed by atoms with Gasteiger partial charge in [0.05, 0.1) is 6.61 Å². The van der Waals surface area contributed by atoms with Crippen LogP contribution in [0, 0.1) is 0 Å². The Morgan fingerprint density at radius 3 is 1.59 bits per heavy atom. The molecule has 0 bridgehead atoms. The highest BCUT2D eigenvalue weighted by atomic mass is 16.3. The lowest BCUT2D eigenvalue weighted by atomic mass is 10.1. The fraction of sp³-hybridized carbons (Fsp3) is 1.00. The molecule has 0 aromatic carbocycles. The van der Waals surface area contributed by atoms with Crippen LogP contribution >= 0.6 is 0 Å². The summed E-state index contributed by atoms with van der Waals surface area (Å²) in [7, 11) is 0. The van der Waals surface area contributed by atoms with Gasteiger partial charge < -0.3 is 10.4 Å². The first kappa shape index (κ1) is 16.9. The van der Waals surface area contributed by atoms with Crippen LogP contribution in [0.1, 0.15) is 77.6 Å². The highest BCUT2D eigenvalue weighted by Gasteiger charge is 1.92. The van der Waals surface area contributed by atoms with Gasteiger partial charge in [0.2, 0.25) is 0 Å². The lowest BCUT2D eigenvalue weighted by Gasteiger charge is -2.03. The number of hydrogen-bond donors (Lipinski definition) is 2. The van der Waals surface area contributed by atoms with E-state index in [4.69, 9.17) is 5.11 Å². The third-order valence-corrected chi connectivity index (χ3v) is 3.25. The first-order chi connectivity index (χ1) is 8.41. The molecule has 17 heavy (non-hydrogen) atoms. The van der Waals surface area contributed by atoms with Crippen LogP contribution < -0.4 is 5.32 Å². The van der Waals surface area contributed by atoms with E-state index in [1.807, 2.05) is 0 Å². The summed E-state index contributed by atoms with van der Waals surface area (Å²) in [6.45, 7) is 4.35. The third kappa shape index (κ3) is 15.9. The Kier molecular flexibility index (Phi) is 15.8. The topological polar surface area (TPSA) is 32.3 Å². The average Bonchev–Trinajstić information content (AvgIpc) is 2.35. The van der Waals surface area contributed by atoms with Gasteiger partial charge in [0.15, 0.2) is 0 Å². The summed E-state index contributed by atoms with van der Waals surface area (Å²) in [5, 5.41) is 11.8. The first-order valence-electron chi connectivity index (χ1n) is 7.73. The van der Waals surface area contributed by atoms with Crippen LogP contribution in [-0.2, 0) is 0 Å². The molecule has 0 radical (unpaired) electrons. The van der Waals surface area contributed by atoms with E-state index in [2.05, 4.69) is 12.2 Å². The summed E-state index contributed by atoms with van der Waals surface area (Å²) in [4.78, 5) is 0. The second-order valence-electron chi connectivity index (χ2n) is 5.01. The van der Waals surface area contributed by atoms with Gasteiger partial charge in [-0.3, -0.25) is 0 Å². The zero-order valence-corrected chi connectivity index (χ0v) is 11.8. The Balaban J connectivity index is 2.85. The lowest BCUT2D eigenvalue weighted by molar-refractivity contribution is 0.292. The number of unbranched alkanes of at least 4 members (excludes halogenated alkanes) is 10. The van der Waals surface area contributed by atoms with Gasteiger partial charge in [0, 0.05) is 6.54 Å². The van der Waals surface area contributed by atoms with Crippen LogP contribution in [0.15, 0.2) is 0 Å². The molecular weight excluding hydrogens is 210 g/mol. The van der Waals surface area contributed by atoms with Gasteiger partial charge >= 0.3 is 0 Å². The Hall–Kier alpha value is -0.0800. The molecule has 0 aliphatic rings. The number of hydrogen-bond acceptors (Lipinski definition) is 2. The van der Waals surface area contributed by atoms with Crippen LogP contribution in [-0.4, -0.2) is 24.8 Å². The molecule has 0 amide bonds. The van der Waals surface area contributed by atoms with Crippen LogP contribution in [0.4, 0.5) is 0 Å². The fourth-order valence-corrected chi connectivity index (χ4v) is 2.12. The van der Waals surface area contributed by atoms with Gasteiger partial charge in [-0.1, -0.05) is 71.1 Å². The summed E-state index contributed by atoms with van der Waals surface area (Å²) in [5.74, 6) is 0. The normalized spacial score (nSPS) is 10.9. The molecule has 0 aliphatic heterocycles. The van der Waals surface area contributed by atoms with E-state index >= 15 is 0 Å². The SMILES string of the molecule is CCCCCCCCCCCCCNCCO. The molecule has 0 spiro atoms. The molecule has 0 unspecified atom stereocenters. The van der Waals surface area contributed by atoms with Crippen molar-refractivity contribution >= 4 is 0 Å². The van der Waals surface area contributed by atoms with Crippen molar-refractivity contribution in [3.05, 3.63) is 0 Å². The van der Waals surface area contributed by atoms with Crippen molar-refractivity contribution in [1.29, 1.82) is 0 Å². The predicted octanol–water partition coefficient (Wildman–Crippen LogP) is 3.88. The van der Waals surface area contributed by atoms with E-state index < -0.39 is 0 Å². The molecule has 104 valence electrons. The molecule has 2 nitrogen and oxygen atoms in total. The summed E-state index contributed by atoms with van der Waals surface area (Å²) in [5.41, 5.74) is 0. The van der Waals surface area contributed by atoms with E-state index in [0.717, 1.165) is 13.1 Å². The summed E-state index contributed by atoms with van der Waals surface area (Å²) in [6, 6.07) is 0. The Bertz CT molecular complexity index is 114. The van der Waals surface area contributed by atoms with Crippen LogP contribution in [0.5, 0.6) is 0 Å². The minimum absolute atomic E-state index is 0.262. The van der Waals surface area contributed by atoms with Crippen molar-refractivity contribution in [2.24, 2.45) is 0 Å². The first-order valence-corrected chi connectivity index (χ1v) is 7.73. The molecule has 0 fully saturated rings. The van der Waals surface area contributed by atoms with Gasteiger partial charge in [-0.05, 0) is 13.0 Å². The third-order valence-electron chi connectivity index (χ3n) is 3.25. The molecule has 0 heterocycles. The van der Waals surface area contributed by atoms with E-state index in [9.17, 15) is 0 Å². The van der Waals surface area contributed by atoms with Crippen molar-refractivity contribution in [2.45, 2.75) is 77.6 Å². The molecule has 0 aromatic heterocycles. The fourth-order valence-electron chi connectivity index (χ4n) is 2.12. The van der Waals surface area contributed by atoms with Gasteiger partial charge in [0.25, 0.3) is 0 Å². The second kappa shape index (κ2) is 15.9. The molecule has 0 rings (SSSR count). The van der Waals surface area contributed by atoms with Crippen LogP contribution in [0.2, 0.25) is 0 Å². The highest BCUT2D eigenvalue weighted by Crippen LogP contribution is 2.10. The van der Waals surface area contributed by atoms with Crippen molar-refractivity contribution < 1.29 is 5.11 Å². The number of aliphatic hydroxyl groups excluding tert-OH is 1. The number of nitrogens with one attached hydrogen (secondary N) is 1. The summed E-state index contributed by atoms with van der Waals surface area (Å²) in [6.07, 6.45) is 15.4. The molecule has 0 saturated heterocycles. The molecule has 0 aliphatic carbocycles. The minimum Gasteiger partial charge on any atom is -0.395 e. The van der Waals surface area contributed by atoms with E-state index in [1.54, 1.807) is 0 Å². The summed E-state index contributed by atoms with van der Waals surface area (Å²) >= 11 is 0. The minimum atomic E-state index is 0.262. The molecule has 0 atom stereocenters. The Morgan fingerprint density at radius 2 is 1.12 bits per heavy atom. The standard InChI is InChI=1S/C15H33NO/c1-2-3-4-5-6-7-8-9-10-11-12-13-16-14-15-17/h16-17H,2-15H2,1H3. The molecule has 0 saturated carbocycles. The Labute approximate surface area is 108 Å². The molecule has 2 N–H and O–H groups in total. The quantitative estimate of drug-likeness (QED) is 0.454.